The van der Waals surface area contributed by atoms with Gasteiger partial charge >= 0.3 is 0 Å². The van der Waals surface area contributed by atoms with Gasteiger partial charge in [0.25, 0.3) is 0 Å². The Bertz CT molecular complexity index is 559. The summed E-state index contributed by atoms with van der Waals surface area (Å²) in [7, 11) is -3.55. The van der Waals surface area contributed by atoms with E-state index in [4.69, 9.17) is 5.11 Å². The number of hydrogen-bond donors (Lipinski definition) is 2. The lowest BCUT2D eigenvalue weighted by molar-refractivity contribution is 0.281. The van der Waals surface area contributed by atoms with Gasteiger partial charge in [-0.15, -0.1) is 0 Å². The zero-order chi connectivity index (χ0) is 14.0. The van der Waals surface area contributed by atoms with E-state index in [-0.39, 0.29) is 17.5 Å². The van der Waals surface area contributed by atoms with Crippen LogP contribution in [-0.4, -0.2) is 19.6 Å². The molecule has 106 valence electrons. The Labute approximate surface area is 122 Å². The van der Waals surface area contributed by atoms with Gasteiger partial charge in [-0.1, -0.05) is 19.4 Å². The second-order valence-corrected chi connectivity index (χ2v) is 7.60. The lowest BCUT2D eigenvalue weighted by Crippen LogP contribution is -2.36. The zero-order valence-corrected chi connectivity index (χ0v) is 13.2. The van der Waals surface area contributed by atoms with E-state index in [9.17, 15) is 8.42 Å². The van der Waals surface area contributed by atoms with Gasteiger partial charge in [0.15, 0.2) is 0 Å². The molecule has 1 fully saturated rings. The molecule has 1 saturated carbocycles. The van der Waals surface area contributed by atoms with Crippen LogP contribution in [0.1, 0.15) is 31.7 Å². The molecule has 0 aliphatic heterocycles. The van der Waals surface area contributed by atoms with Gasteiger partial charge in [-0.05, 0) is 52.4 Å². The van der Waals surface area contributed by atoms with Crippen LogP contribution in [0.15, 0.2) is 27.6 Å². The predicted molar refractivity (Wildman–Crippen MR) is 77.2 cm³/mol. The minimum atomic E-state index is -3.55. The minimum absolute atomic E-state index is 0.00897. The summed E-state index contributed by atoms with van der Waals surface area (Å²) in [5.74, 6) is 0.370. The maximum atomic E-state index is 12.4. The molecule has 4 nitrogen and oxygen atoms in total. The molecule has 0 saturated heterocycles. The molecular formula is C13H18BrNO3S. The standard InChI is InChI=1S/C13H18BrNO3S/c1-9-3-2-4-12(9)15-19(17,18)13-7-10(8-16)5-6-11(13)14/h5-7,9,12,15-16H,2-4,8H2,1H3. The van der Waals surface area contributed by atoms with Crippen molar-refractivity contribution in [2.24, 2.45) is 5.92 Å². The number of sulfonamides is 1. The monoisotopic (exact) mass is 347 g/mol. The second kappa shape index (κ2) is 5.91. The second-order valence-electron chi connectivity index (χ2n) is 5.06. The summed E-state index contributed by atoms with van der Waals surface area (Å²) in [6.07, 6.45) is 3.01. The quantitative estimate of drug-likeness (QED) is 0.878. The van der Waals surface area contributed by atoms with E-state index in [0.717, 1.165) is 19.3 Å². The summed E-state index contributed by atoms with van der Waals surface area (Å²) in [6.45, 7) is 1.90. The Morgan fingerprint density at radius 2 is 2.16 bits per heavy atom. The average Bonchev–Trinajstić information content (AvgIpc) is 2.75. The van der Waals surface area contributed by atoms with Gasteiger partial charge in [0, 0.05) is 10.5 Å². The van der Waals surface area contributed by atoms with Crippen molar-refractivity contribution in [2.45, 2.75) is 43.7 Å². The molecule has 0 spiro atoms. The van der Waals surface area contributed by atoms with Crippen molar-refractivity contribution in [3.8, 4) is 0 Å². The molecule has 0 bridgehead atoms. The molecule has 1 aliphatic carbocycles. The SMILES string of the molecule is CC1CCCC1NS(=O)(=O)c1cc(CO)ccc1Br. The molecular weight excluding hydrogens is 330 g/mol. The normalized spacial score (nSPS) is 23.7. The largest absolute Gasteiger partial charge is 0.392 e. The van der Waals surface area contributed by atoms with E-state index in [2.05, 4.69) is 27.6 Å². The first-order valence-corrected chi connectivity index (χ1v) is 8.63. The van der Waals surface area contributed by atoms with Crippen LogP contribution < -0.4 is 4.72 Å². The Balaban J connectivity index is 2.28. The third-order valence-corrected chi connectivity index (χ3v) is 6.12. The van der Waals surface area contributed by atoms with E-state index >= 15 is 0 Å². The van der Waals surface area contributed by atoms with Crippen molar-refractivity contribution < 1.29 is 13.5 Å². The van der Waals surface area contributed by atoms with E-state index in [1.165, 1.54) is 6.07 Å². The fraction of sp³-hybridized carbons (Fsp3) is 0.538. The van der Waals surface area contributed by atoms with Crippen molar-refractivity contribution in [3.05, 3.63) is 28.2 Å². The molecule has 0 amide bonds. The smallest absolute Gasteiger partial charge is 0.241 e. The van der Waals surface area contributed by atoms with Crippen LogP contribution in [-0.2, 0) is 16.6 Å². The van der Waals surface area contributed by atoms with Gasteiger partial charge in [0.1, 0.15) is 0 Å². The molecule has 0 aromatic heterocycles. The topological polar surface area (TPSA) is 66.4 Å². The summed E-state index contributed by atoms with van der Waals surface area (Å²) < 4.78 is 28.1. The summed E-state index contributed by atoms with van der Waals surface area (Å²) >= 11 is 3.26. The van der Waals surface area contributed by atoms with E-state index in [1.54, 1.807) is 12.1 Å². The van der Waals surface area contributed by atoms with Crippen LogP contribution in [0.2, 0.25) is 0 Å². The molecule has 19 heavy (non-hydrogen) atoms. The number of nitrogens with one attached hydrogen (secondary N) is 1. The van der Waals surface area contributed by atoms with Crippen LogP contribution in [0.5, 0.6) is 0 Å². The number of rotatable bonds is 4. The third-order valence-electron chi connectivity index (χ3n) is 3.64. The molecule has 2 N–H and O–H groups in total. The van der Waals surface area contributed by atoms with Gasteiger partial charge in [0.2, 0.25) is 10.0 Å². The highest BCUT2D eigenvalue weighted by Gasteiger charge is 2.29. The van der Waals surface area contributed by atoms with Crippen molar-refractivity contribution >= 4 is 26.0 Å². The first-order valence-electron chi connectivity index (χ1n) is 6.35. The molecule has 6 heteroatoms. The lowest BCUT2D eigenvalue weighted by Gasteiger charge is -2.18. The van der Waals surface area contributed by atoms with Crippen LogP contribution in [0.25, 0.3) is 0 Å². The molecule has 2 rings (SSSR count). The van der Waals surface area contributed by atoms with Gasteiger partial charge < -0.3 is 5.11 Å². The van der Waals surface area contributed by atoms with Gasteiger partial charge in [0.05, 0.1) is 11.5 Å². The molecule has 0 heterocycles. The Morgan fingerprint density at radius 3 is 2.74 bits per heavy atom. The number of aliphatic hydroxyl groups excluding tert-OH is 1. The molecule has 1 aromatic carbocycles. The van der Waals surface area contributed by atoms with Gasteiger partial charge in [-0.2, -0.15) is 0 Å². The third kappa shape index (κ3) is 3.37. The molecule has 2 unspecified atom stereocenters. The van der Waals surface area contributed by atoms with Gasteiger partial charge in [-0.3, -0.25) is 0 Å². The number of halogens is 1. The van der Waals surface area contributed by atoms with Crippen molar-refractivity contribution in [1.82, 2.24) is 4.72 Å². The molecule has 2 atom stereocenters. The fourth-order valence-corrected chi connectivity index (χ4v) is 4.83. The highest BCUT2D eigenvalue weighted by Crippen LogP contribution is 2.28. The zero-order valence-electron chi connectivity index (χ0n) is 10.8. The highest BCUT2D eigenvalue weighted by atomic mass is 79.9. The summed E-state index contributed by atoms with van der Waals surface area (Å²) in [4.78, 5) is 0.193. The van der Waals surface area contributed by atoms with Crippen LogP contribution >= 0.6 is 15.9 Å². The van der Waals surface area contributed by atoms with E-state index in [0.29, 0.717) is 16.0 Å². The first kappa shape index (κ1) is 15.0. The summed E-state index contributed by atoms with van der Waals surface area (Å²) in [6, 6.07) is 4.86. The Kier molecular flexibility index (Phi) is 4.66. The minimum Gasteiger partial charge on any atom is -0.392 e. The Morgan fingerprint density at radius 1 is 1.42 bits per heavy atom. The maximum Gasteiger partial charge on any atom is 0.241 e. The van der Waals surface area contributed by atoms with Crippen molar-refractivity contribution in [1.29, 1.82) is 0 Å². The summed E-state index contributed by atoms with van der Waals surface area (Å²) in [5, 5.41) is 9.11. The molecule has 1 aliphatic rings. The lowest BCUT2D eigenvalue weighted by atomic mass is 10.1. The highest BCUT2D eigenvalue weighted by molar-refractivity contribution is 9.10. The van der Waals surface area contributed by atoms with Crippen LogP contribution in [0.4, 0.5) is 0 Å². The van der Waals surface area contributed by atoms with Gasteiger partial charge in [-0.25, -0.2) is 13.1 Å². The first-order chi connectivity index (χ1) is 8.94. The molecule has 1 aromatic rings. The van der Waals surface area contributed by atoms with E-state index < -0.39 is 10.0 Å². The number of hydrogen-bond acceptors (Lipinski definition) is 3. The fourth-order valence-electron chi connectivity index (χ4n) is 2.44. The predicted octanol–water partition coefficient (Wildman–Crippen LogP) is 2.41. The van der Waals surface area contributed by atoms with Crippen LogP contribution in [0, 0.1) is 5.92 Å². The van der Waals surface area contributed by atoms with Crippen molar-refractivity contribution in [2.75, 3.05) is 0 Å². The van der Waals surface area contributed by atoms with Crippen LogP contribution in [0.3, 0.4) is 0 Å². The summed E-state index contributed by atoms with van der Waals surface area (Å²) in [5.41, 5.74) is 0.586. The maximum absolute atomic E-state index is 12.4. The average molecular weight is 348 g/mol. The van der Waals surface area contributed by atoms with E-state index in [1.807, 2.05) is 0 Å². The number of benzene rings is 1. The Hall–Kier alpha value is -0.430. The van der Waals surface area contributed by atoms with Crippen molar-refractivity contribution in [3.63, 3.8) is 0 Å². The molecule has 0 radical (unpaired) electrons. The number of aliphatic hydroxyl groups is 1.